The van der Waals surface area contributed by atoms with Crippen LogP contribution in [0.5, 0.6) is 0 Å². The quantitative estimate of drug-likeness (QED) is 0.405. The van der Waals surface area contributed by atoms with E-state index in [4.69, 9.17) is 0 Å². The molecule has 7 heteroatoms. The first kappa shape index (κ1) is 16.3. The largest absolute Gasteiger partial charge is 0.306 e. The maximum absolute atomic E-state index is 13.9. The molecule has 0 spiro atoms. The van der Waals surface area contributed by atoms with E-state index in [0.717, 1.165) is 10.6 Å². The van der Waals surface area contributed by atoms with E-state index in [1.165, 1.54) is 17.5 Å². The molecule has 5 nitrogen and oxygen atoms in total. The van der Waals surface area contributed by atoms with Gasteiger partial charge in [0.15, 0.2) is 5.01 Å². The Bertz CT molecular complexity index is 1100. The molecule has 0 saturated heterocycles. The third kappa shape index (κ3) is 3.04. The fourth-order valence-corrected chi connectivity index (χ4v) is 3.30. The van der Waals surface area contributed by atoms with Crippen LogP contribution in [0, 0.1) is 12.9 Å². The zero-order valence-corrected chi connectivity index (χ0v) is 14.6. The van der Waals surface area contributed by atoms with E-state index in [2.05, 4.69) is 15.0 Å². The van der Waals surface area contributed by atoms with Crippen molar-refractivity contribution < 1.29 is 9.18 Å². The second kappa shape index (κ2) is 6.61. The number of rotatable bonds is 4. The Labute approximate surface area is 152 Å². The lowest BCUT2D eigenvalue weighted by atomic mass is 10.1. The molecule has 4 aromatic rings. The van der Waals surface area contributed by atoms with Crippen LogP contribution in [0.15, 0.2) is 61.3 Å². The van der Waals surface area contributed by atoms with Crippen molar-refractivity contribution >= 4 is 17.1 Å². The molecule has 0 aliphatic heterocycles. The number of carbonyl (C=O) groups is 1. The highest BCUT2D eigenvalue weighted by atomic mass is 32.1. The monoisotopic (exact) mass is 364 g/mol. The van der Waals surface area contributed by atoms with Crippen molar-refractivity contribution in [3.8, 4) is 16.8 Å². The Hall–Kier alpha value is -3.19. The molecular formula is C19H13FN4OS. The van der Waals surface area contributed by atoms with Crippen LogP contribution in [-0.2, 0) is 0 Å². The van der Waals surface area contributed by atoms with Crippen molar-refractivity contribution in [1.82, 2.24) is 19.5 Å². The third-order valence-electron chi connectivity index (χ3n) is 3.85. The molecule has 4 rings (SSSR count). The lowest BCUT2D eigenvalue weighted by molar-refractivity contribution is 0.103. The molecule has 0 fully saturated rings. The standard InChI is InChI=1S/C19H13FN4OS/c1-12-9-22-19(26-12)17(25)16-10-24(11-23-16)14-5-2-4-13(8-14)15-6-3-7-21-18(15)20/h2-11H,1H3. The number of aryl methyl sites for hydroxylation is 1. The van der Waals surface area contributed by atoms with Crippen LogP contribution in [0.2, 0.25) is 0 Å². The van der Waals surface area contributed by atoms with E-state index in [1.54, 1.807) is 35.4 Å². The molecule has 1 aromatic carbocycles. The van der Waals surface area contributed by atoms with Gasteiger partial charge in [0.05, 0.1) is 0 Å². The van der Waals surface area contributed by atoms with Crippen LogP contribution >= 0.6 is 11.3 Å². The summed E-state index contributed by atoms with van der Waals surface area (Å²) >= 11 is 1.34. The number of hydrogen-bond donors (Lipinski definition) is 0. The average Bonchev–Trinajstić information content (AvgIpc) is 3.31. The van der Waals surface area contributed by atoms with E-state index in [0.29, 0.717) is 21.8 Å². The van der Waals surface area contributed by atoms with Crippen molar-refractivity contribution in [3.05, 3.63) is 82.8 Å². The minimum Gasteiger partial charge on any atom is -0.306 e. The molecular weight excluding hydrogens is 351 g/mol. The average molecular weight is 364 g/mol. The van der Waals surface area contributed by atoms with Gasteiger partial charge in [-0.05, 0) is 36.8 Å². The van der Waals surface area contributed by atoms with Gasteiger partial charge in [-0.1, -0.05) is 12.1 Å². The van der Waals surface area contributed by atoms with Crippen LogP contribution < -0.4 is 0 Å². The number of nitrogens with zero attached hydrogens (tertiary/aromatic N) is 4. The second-order valence-corrected chi connectivity index (χ2v) is 6.90. The summed E-state index contributed by atoms with van der Waals surface area (Å²) in [7, 11) is 0. The SMILES string of the molecule is Cc1cnc(C(=O)c2cn(-c3cccc(-c4cccnc4F)c3)cn2)s1. The minimum absolute atomic E-state index is 0.212. The third-order valence-corrected chi connectivity index (χ3v) is 4.76. The van der Waals surface area contributed by atoms with E-state index in [1.807, 2.05) is 31.2 Å². The molecule has 3 heterocycles. The van der Waals surface area contributed by atoms with Gasteiger partial charge in [-0.2, -0.15) is 4.39 Å². The molecule has 0 unspecified atom stereocenters. The summed E-state index contributed by atoms with van der Waals surface area (Å²) in [5.74, 6) is -0.735. The van der Waals surface area contributed by atoms with Gasteiger partial charge in [-0.3, -0.25) is 4.79 Å². The summed E-state index contributed by atoms with van der Waals surface area (Å²) in [6.45, 7) is 1.90. The number of carbonyl (C=O) groups excluding carboxylic acids is 1. The van der Waals surface area contributed by atoms with Gasteiger partial charge >= 0.3 is 0 Å². The van der Waals surface area contributed by atoms with E-state index in [-0.39, 0.29) is 5.78 Å². The number of ketones is 1. The lowest BCUT2D eigenvalue weighted by Gasteiger charge is -2.06. The lowest BCUT2D eigenvalue weighted by Crippen LogP contribution is -2.00. The summed E-state index contributed by atoms with van der Waals surface area (Å²) in [6, 6.07) is 10.7. The summed E-state index contributed by atoms with van der Waals surface area (Å²) in [4.78, 5) is 25.4. The Morgan fingerprint density at radius 1 is 1.15 bits per heavy atom. The van der Waals surface area contributed by atoms with Gasteiger partial charge in [0.2, 0.25) is 11.7 Å². The van der Waals surface area contributed by atoms with Crippen molar-refractivity contribution in [1.29, 1.82) is 0 Å². The highest BCUT2D eigenvalue weighted by molar-refractivity contribution is 7.13. The fourth-order valence-electron chi connectivity index (χ4n) is 2.59. The first-order valence-corrected chi connectivity index (χ1v) is 8.66. The number of imidazole rings is 1. The molecule has 0 N–H and O–H groups in total. The van der Waals surface area contributed by atoms with Crippen molar-refractivity contribution in [2.24, 2.45) is 0 Å². The maximum Gasteiger partial charge on any atom is 0.241 e. The molecule has 0 aliphatic rings. The fraction of sp³-hybridized carbons (Fsp3) is 0.0526. The Morgan fingerprint density at radius 2 is 2.04 bits per heavy atom. The molecule has 0 bridgehead atoms. The molecule has 0 atom stereocenters. The first-order valence-electron chi connectivity index (χ1n) is 7.84. The Kier molecular flexibility index (Phi) is 4.14. The van der Waals surface area contributed by atoms with E-state index < -0.39 is 5.95 Å². The number of halogens is 1. The summed E-state index contributed by atoms with van der Waals surface area (Å²) in [5, 5.41) is 0.416. The molecule has 26 heavy (non-hydrogen) atoms. The van der Waals surface area contributed by atoms with Gasteiger partial charge in [-0.25, -0.2) is 15.0 Å². The van der Waals surface area contributed by atoms with Gasteiger partial charge in [0.1, 0.15) is 12.0 Å². The highest BCUT2D eigenvalue weighted by Gasteiger charge is 2.16. The normalized spacial score (nSPS) is 10.8. The predicted octanol–water partition coefficient (Wildman–Crippen LogP) is 4.07. The first-order chi connectivity index (χ1) is 12.6. The van der Waals surface area contributed by atoms with Gasteiger partial charge in [0.25, 0.3) is 0 Å². The van der Waals surface area contributed by atoms with Crippen LogP contribution in [0.25, 0.3) is 16.8 Å². The van der Waals surface area contributed by atoms with Gasteiger partial charge in [-0.15, -0.1) is 11.3 Å². The number of thiazole rings is 1. The zero-order chi connectivity index (χ0) is 18.1. The summed E-state index contributed by atoms with van der Waals surface area (Å²) in [5.41, 5.74) is 2.21. The molecule has 0 radical (unpaired) electrons. The molecule has 3 aromatic heterocycles. The van der Waals surface area contributed by atoms with Crippen molar-refractivity contribution in [3.63, 3.8) is 0 Å². The van der Waals surface area contributed by atoms with Crippen molar-refractivity contribution in [2.75, 3.05) is 0 Å². The molecule has 0 saturated carbocycles. The maximum atomic E-state index is 13.9. The van der Waals surface area contributed by atoms with Gasteiger partial charge in [0, 0.05) is 34.7 Å². The number of aromatic nitrogens is 4. The van der Waals surface area contributed by atoms with E-state index >= 15 is 0 Å². The molecule has 128 valence electrons. The van der Waals surface area contributed by atoms with Crippen LogP contribution in [0.3, 0.4) is 0 Å². The molecule has 0 aliphatic carbocycles. The Balaban J connectivity index is 1.67. The predicted molar refractivity (Wildman–Crippen MR) is 97.0 cm³/mol. The number of pyridine rings is 1. The molecule has 0 amide bonds. The van der Waals surface area contributed by atoms with Gasteiger partial charge < -0.3 is 4.57 Å². The Morgan fingerprint density at radius 3 is 2.81 bits per heavy atom. The second-order valence-electron chi connectivity index (χ2n) is 5.66. The summed E-state index contributed by atoms with van der Waals surface area (Å²) in [6.07, 6.45) is 6.29. The van der Waals surface area contributed by atoms with Crippen LogP contribution in [-0.4, -0.2) is 25.3 Å². The number of hydrogen-bond acceptors (Lipinski definition) is 5. The zero-order valence-electron chi connectivity index (χ0n) is 13.8. The van der Waals surface area contributed by atoms with Crippen molar-refractivity contribution in [2.45, 2.75) is 6.92 Å². The van der Waals surface area contributed by atoms with Crippen LogP contribution in [0.4, 0.5) is 4.39 Å². The highest BCUT2D eigenvalue weighted by Crippen LogP contribution is 2.24. The summed E-state index contributed by atoms with van der Waals surface area (Å²) < 4.78 is 15.7. The van der Waals surface area contributed by atoms with Crippen LogP contribution in [0.1, 0.15) is 20.4 Å². The minimum atomic E-state index is -0.523. The smallest absolute Gasteiger partial charge is 0.241 e. The number of benzene rings is 1. The van der Waals surface area contributed by atoms with E-state index in [9.17, 15) is 9.18 Å². The topological polar surface area (TPSA) is 60.7 Å².